The SMILES string of the molecule is C=C(C)C(=O)NCCCOCCOCCOCCCN.C=C(C)C(=O)OCCN(C)C.C=C(C)C(=O)OCC[N+](C)(C)CCC.C=CC(=O)OCCN(CC)CC.C=Cc1ccc(CN)cc1.[Br-]. The highest BCUT2D eigenvalue weighted by molar-refractivity contribution is 5.92. The molecule has 1 rings (SSSR count). The minimum atomic E-state index is -0.345. The van der Waals surface area contributed by atoms with E-state index in [1.54, 1.807) is 20.8 Å². The van der Waals surface area contributed by atoms with Crippen LogP contribution in [0.4, 0.5) is 0 Å². The first-order valence-electron chi connectivity index (χ1n) is 23.1. The van der Waals surface area contributed by atoms with Crippen LogP contribution < -0.4 is 33.8 Å². The molecule has 68 heavy (non-hydrogen) atoms. The zero-order chi connectivity index (χ0) is 51.9. The number of benzene rings is 1. The van der Waals surface area contributed by atoms with Crippen LogP contribution in [0.2, 0.25) is 0 Å². The summed E-state index contributed by atoms with van der Waals surface area (Å²) in [6.45, 7) is 41.1. The van der Waals surface area contributed by atoms with Crippen LogP contribution in [0.25, 0.3) is 6.08 Å². The van der Waals surface area contributed by atoms with Gasteiger partial charge in [0.1, 0.15) is 26.4 Å². The Morgan fingerprint density at radius 3 is 1.57 bits per heavy atom. The molecule has 0 saturated heterocycles. The van der Waals surface area contributed by atoms with Crippen LogP contribution in [0.3, 0.4) is 0 Å². The van der Waals surface area contributed by atoms with E-state index in [-0.39, 0.29) is 40.8 Å². The number of carbonyl (C=O) groups excluding carboxylic acids is 4. The maximum atomic E-state index is 11.2. The molecule has 0 spiro atoms. The number of hydrogen-bond donors (Lipinski definition) is 3. The summed E-state index contributed by atoms with van der Waals surface area (Å²) in [5.74, 6) is -1.06. The number of nitrogens with zero attached hydrogens (tertiary/aromatic N) is 3. The third-order valence-electron chi connectivity index (χ3n) is 8.77. The van der Waals surface area contributed by atoms with Crippen LogP contribution >= 0.6 is 0 Å². The first kappa shape index (κ1) is 72.9. The molecule has 0 aliphatic rings. The summed E-state index contributed by atoms with van der Waals surface area (Å²) in [6, 6.07) is 8.04. The first-order chi connectivity index (χ1) is 31.7. The van der Waals surface area contributed by atoms with Crippen molar-refractivity contribution in [2.45, 2.75) is 67.3 Å². The lowest BCUT2D eigenvalue weighted by Gasteiger charge is -2.28. The molecule has 0 unspecified atom stereocenters. The predicted molar refractivity (Wildman–Crippen MR) is 274 cm³/mol. The third kappa shape index (κ3) is 52.9. The number of halogens is 1. The van der Waals surface area contributed by atoms with E-state index in [9.17, 15) is 19.2 Å². The summed E-state index contributed by atoms with van der Waals surface area (Å²) in [7, 11) is 8.12. The molecule has 1 aromatic rings. The van der Waals surface area contributed by atoms with Gasteiger partial charge in [0, 0.05) is 62.2 Å². The first-order valence-corrected chi connectivity index (χ1v) is 23.1. The summed E-state index contributed by atoms with van der Waals surface area (Å²) in [5.41, 5.74) is 14.5. The van der Waals surface area contributed by atoms with Crippen LogP contribution in [0.1, 0.15) is 71.9 Å². The smallest absolute Gasteiger partial charge is 0.333 e. The molecule has 16 nitrogen and oxygen atoms in total. The quantitative estimate of drug-likeness (QED) is 0.0314. The normalized spacial score (nSPS) is 10.1. The van der Waals surface area contributed by atoms with Gasteiger partial charge in [-0.1, -0.05) is 84.0 Å². The Balaban J connectivity index is -0.000000248. The van der Waals surface area contributed by atoms with Crippen molar-refractivity contribution >= 4 is 29.9 Å². The molecule has 0 radical (unpaired) electrons. The van der Waals surface area contributed by atoms with Crippen molar-refractivity contribution in [3.63, 3.8) is 0 Å². The van der Waals surface area contributed by atoms with Crippen LogP contribution in [0.5, 0.6) is 0 Å². The average Bonchev–Trinajstić information content (AvgIpc) is 3.29. The van der Waals surface area contributed by atoms with E-state index in [4.69, 9.17) is 39.9 Å². The molecule has 0 aliphatic heterocycles. The predicted octanol–water partition coefficient (Wildman–Crippen LogP) is 2.58. The number of nitrogens with two attached hydrogens (primary N) is 2. The molecule has 1 amide bonds. The largest absolute Gasteiger partial charge is 1.00 e. The van der Waals surface area contributed by atoms with E-state index in [1.807, 2.05) is 49.3 Å². The summed E-state index contributed by atoms with van der Waals surface area (Å²) < 4.78 is 31.6. The zero-order valence-electron chi connectivity index (χ0n) is 43.8. The number of rotatable bonds is 32. The van der Waals surface area contributed by atoms with E-state index in [0.29, 0.717) is 95.8 Å². The van der Waals surface area contributed by atoms with Crippen molar-refractivity contribution in [3.05, 3.63) is 91.1 Å². The fourth-order valence-corrected chi connectivity index (χ4v) is 4.59. The maximum absolute atomic E-state index is 11.2. The average molecular weight is 1030 g/mol. The number of quaternary nitrogens is 1. The van der Waals surface area contributed by atoms with Crippen molar-refractivity contribution in [3.8, 4) is 0 Å². The van der Waals surface area contributed by atoms with Gasteiger partial charge in [-0.15, -0.1) is 0 Å². The fourth-order valence-electron chi connectivity index (χ4n) is 4.59. The van der Waals surface area contributed by atoms with Gasteiger partial charge in [0.15, 0.2) is 0 Å². The van der Waals surface area contributed by atoms with E-state index >= 15 is 0 Å². The second-order valence-electron chi connectivity index (χ2n) is 15.9. The molecule has 0 fully saturated rings. The van der Waals surface area contributed by atoms with Gasteiger partial charge in [0.05, 0.1) is 47.1 Å². The Kier molecular flexibility index (Phi) is 54.5. The van der Waals surface area contributed by atoms with E-state index in [0.717, 1.165) is 74.1 Å². The van der Waals surface area contributed by atoms with Gasteiger partial charge < -0.3 is 76.5 Å². The maximum Gasteiger partial charge on any atom is 0.333 e. The molecule has 0 atom stereocenters. The van der Waals surface area contributed by atoms with Crippen molar-refractivity contribution in [1.82, 2.24) is 15.1 Å². The highest BCUT2D eigenvalue weighted by Crippen LogP contribution is 2.04. The molecule has 0 saturated carbocycles. The molecule has 0 aromatic heterocycles. The monoisotopic (exact) mass is 1030 g/mol. The Bertz CT molecular complexity index is 1490. The van der Waals surface area contributed by atoms with Crippen molar-refractivity contribution in [2.24, 2.45) is 11.5 Å². The number of carbonyl (C=O) groups is 4. The van der Waals surface area contributed by atoms with Gasteiger partial charge in [0.25, 0.3) is 0 Å². The van der Waals surface area contributed by atoms with Crippen LogP contribution in [0, 0.1) is 0 Å². The minimum Gasteiger partial charge on any atom is -1.00 e. The summed E-state index contributed by atoms with van der Waals surface area (Å²) in [5, 5.41) is 2.74. The van der Waals surface area contributed by atoms with Gasteiger partial charge in [-0.05, 0) is 84.9 Å². The number of nitrogens with one attached hydrogen (secondary N) is 1. The third-order valence-corrected chi connectivity index (χ3v) is 8.77. The van der Waals surface area contributed by atoms with Gasteiger partial charge in [-0.3, -0.25) is 4.79 Å². The number of likely N-dealkylation sites (N-methyl/N-ethyl adjacent to an activating group) is 3. The highest BCUT2D eigenvalue weighted by Gasteiger charge is 2.14. The molecular formula is C51H93BrN6O10. The lowest BCUT2D eigenvalue weighted by molar-refractivity contribution is -0.890. The molecule has 0 bridgehead atoms. The van der Waals surface area contributed by atoms with Gasteiger partial charge in [0.2, 0.25) is 5.91 Å². The van der Waals surface area contributed by atoms with Crippen molar-refractivity contribution in [2.75, 3.05) is 140 Å². The van der Waals surface area contributed by atoms with Crippen LogP contribution in [0.15, 0.2) is 80.0 Å². The van der Waals surface area contributed by atoms with E-state index in [2.05, 4.69) is 78.0 Å². The Morgan fingerprint density at radius 1 is 0.676 bits per heavy atom. The Hall–Kier alpha value is -4.04. The zero-order valence-corrected chi connectivity index (χ0v) is 45.4. The molecule has 1 aromatic carbocycles. The Morgan fingerprint density at radius 2 is 1.16 bits per heavy atom. The number of ether oxygens (including phenoxy) is 6. The summed E-state index contributed by atoms with van der Waals surface area (Å²) >= 11 is 0. The molecule has 0 heterocycles. The molecular weight excluding hydrogens is 936 g/mol. The van der Waals surface area contributed by atoms with Gasteiger partial charge in [-0.2, -0.15) is 0 Å². The lowest BCUT2D eigenvalue weighted by Crippen LogP contribution is -3.00. The van der Waals surface area contributed by atoms with E-state index in [1.165, 1.54) is 6.08 Å². The number of esters is 3. The standard InChI is InChI=1S/C14H28N2O4.C11H22NO2.C9H17NO2.C9H11N.C8H15NO2.BrH/c1-13(2)14(17)16-6-4-8-19-10-12-20-11-9-18-7-3-5-15;1-6-7-12(4,5)8-9-14-11(13)10(2)3;1-4-9(11)12-8-7-10(5-2)6-3;1-2-8-3-5-9(7-10)6-4-8;1-7(2)8(10)11-6-5-9(3)4;/h1,3-12,15H2,2H3,(H,16,17);2,6-9H2,1,3-5H3;4H,1,5-8H2,2-3H3;2-6H,1,7,10H2;1,5-6H2,2-4H3;1H/q;+1;;;;/p-1. The number of hydrogen-bond acceptors (Lipinski definition) is 14. The summed E-state index contributed by atoms with van der Waals surface area (Å²) in [4.78, 5) is 47.7. The van der Waals surface area contributed by atoms with E-state index < -0.39 is 0 Å². The molecule has 394 valence electrons. The molecule has 17 heteroatoms. The topological polar surface area (TPSA) is 194 Å². The van der Waals surface area contributed by atoms with Crippen LogP contribution in [-0.2, 0) is 54.1 Å². The lowest BCUT2D eigenvalue weighted by atomic mass is 10.1. The Labute approximate surface area is 422 Å². The summed E-state index contributed by atoms with van der Waals surface area (Å²) in [6.07, 6.45) is 5.80. The second-order valence-corrected chi connectivity index (χ2v) is 15.9. The highest BCUT2D eigenvalue weighted by atomic mass is 79.9. The van der Waals surface area contributed by atoms with Crippen LogP contribution in [-0.4, -0.2) is 178 Å². The molecule has 5 N–H and O–H groups in total. The van der Waals surface area contributed by atoms with Crippen molar-refractivity contribution < 1.29 is 69.1 Å². The molecule has 0 aliphatic carbocycles. The second kappa shape index (κ2) is 50.8. The van der Waals surface area contributed by atoms with Gasteiger partial charge >= 0.3 is 17.9 Å². The van der Waals surface area contributed by atoms with Crippen molar-refractivity contribution in [1.29, 1.82) is 0 Å². The number of amides is 1. The fraction of sp³-hybridized carbons (Fsp3) is 0.608. The minimum absolute atomic E-state index is 0. The van der Waals surface area contributed by atoms with Gasteiger partial charge in [-0.25, -0.2) is 14.4 Å².